The summed E-state index contributed by atoms with van der Waals surface area (Å²) in [5, 5.41) is 22.0. The SMILES string of the molecule is C[C@H]1COc2c(ccc(F)c2F)N1C(=O)c1cc([N+](=O)[O-])cc([N+](=O)[O-])c1. The number of non-ortho nitro benzene ring substituents is 2. The lowest BCUT2D eigenvalue weighted by Crippen LogP contribution is -2.45. The van der Waals surface area contributed by atoms with E-state index >= 15 is 0 Å². The van der Waals surface area contributed by atoms with Gasteiger partial charge in [-0.05, 0) is 19.1 Å². The van der Waals surface area contributed by atoms with Crippen LogP contribution in [-0.4, -0.2) is 28.4 Å². The molecule has 140 valence electrons. The van der Waals surface area contributed by atoms with E-state index in [1.807, 2.05) is 0 Å². The Kier molecular flexibility index (Phi) is 4.44. The monoisotopic (exact) mass is 379 g/mol. The molecule has 0 saturated heterocycles. The molecule has 0 aliphatic carbocycles. The van der Waals surface area contributed by atoms with Gasteiger partial charge in [-0.1, -0.05) is 0 Å². The third kappa shape index (κ3) is 3.14. The first-order valence-corrected chi connectivity index (χ1v) is 7.59. The van der Waals surface area contributed by atoms with Gasteiger partial charge in [-0.2, -0.15) is 4.39 Å². The van der Waals surface area contributed by atoms with E-state index in [0.29, 0.717) is 0 Å². The Bertz CT molecular complexity index is 949. The van der Waals surface area contributed by atoms with Gasteiger partial charge in [0.15, 0.2) is 11.6 Å². The van der Waals surface area contributed by atoms with E-state index < -0.39 is 50.6 Å². The van der Waals surface area contributed by atoms with Crippen molar-refractivity contribution in [2.24, 2.45) is 0 Å². The molecule has 1 aliphatic heterocycles. The largest absolute Gasteiger partial charge is 0.486 e. The second-order valence-electron chi connectivity index (χ2n) is 5.80. The molecule has 0 fully saturated rings. The van der Waals surface area contributed by atoms with Crippen LogP contribution in [-0.2, 0) is 0 Å². The quantitative estimate of drug-likeness (QED) is 0.597. The number of amides is 1. The molecular formula is C16H11F2N3O6. The van der Waals surface area contributed by atoms with Crippen LogP contribution in [0.3, 0.4) is 0 Å². The van der Waals surface area contributed by atoms with Gasteiger partial charge in [-0.3, -0.25) is 29.9 Å². The van der Waals surface area contributed by atoms with Crippen molar-refractivity contribution in [1.29, 1.82) is 0 Å². The fraction of sp³-hybridized carbons (Fsp3) is 0.188. The van der Waals surface area contributed by atoms with E-state index in [0.717, 1.165) is 35.2 Å². The molecule has 0 N–H and O–H groups in total. The van der Waals surface area contributed by atoms with Crippen molar-refractivity contribution in [1.82, 2.24) is 0 Å². The first-order chi connectivity index (χ1) is 12.7. The topological polar surface area (TPSA) is 116 Å². The lowest BCUT2D eigenvalue weighted by atomic mass is 10.1. The molecule has 2 aromatic carbocycles. The van der Waals surface area contributed by atoms with Crippen LogP contribution in [0.4, 0.5) is 25.8 Å². The van der Waals surface area contributed by atoms with Crippen LogP contribution in [0.25, 0.3) is 0 Å². The molecule has 27 heavy (non-hydrogen) atoms. The van der Waals surface area contributed by atoms with Crippen molar-refractivity contribution in [3.8, 4) is 5.75 Å². The highest BCUT2D eigenvalue weighted by Gasteiger charge is 2.34. The molecule has 2 aromatic rings. The lowest BCUT2D eigenvalue weighted by Gasteiger charge is -2.35. The van der Waals surface area contributed by atoms with Crippen molar-refractivity contribution < 1.29 is 28.2 Å². The van der Waals surface area contributed by atoms with Crippen LogP contribution in [0.1, 0.15) is 17.3 Å². The minimum absolute atomic E-state index is 0.0770. The molecule has 11 heteroatoms. The van der Waals surface area contributed by atoms with Crippen LogP contribution in [0, 0.1) is 31.9 Å². The summed E-state index contributed by atoms with van der Waals surface area (Å²) in [6.07, 6.45) is 0. The van der Waals surface area contributed by atoms with E-state index in [4.69, 9.17) is 4.74 Å². The van der Waals surface area contributed by atoms with E-state index in [1.165, 1.54) is 0 Å². The molecular weight excluding hydrogens is 368 g/mol. The number of anilines is 1. The molecule has 1 heterocycles. The van der Waals surface area contributed by atoms with E-state index in [-0.39, 0.29) is 17.9 Å². The van der Waals surface area contributed by atoms with Gasteiger partial charge in [0, 0.05) is 12.1 Å². The molecule has 1 atom stereocenters. The number of benzene rings is 2. The summed E-state index contributed by atoms with van der Waals surface area (Å²) in [5.41, 5.74) is -1.69. The number of nitro benzene ring substituents is 2. The fourth-order valence-electron chi connectivity index (χ4n) is 2.74. The standard InChI is InChI=1S/C16H11F2N3O6/c1-8-7-27-15-13(3-2-12(17)14(15)18)19(8)16(22)9-4-10(20(23)24)6-11(5-9)21(25)26/h2-6,8H,7H2,1H3/t8-/m0/s1. The number of halogens is 2. The van der Waals surface area contributed by atoms with Crippen LogP contribution in [0.15, 0.2) is 30.3 Å². The summed E-state index contributed by atoms with van der Waals surface area (Å²) >= 11 is 0. The number of carbonyl (C=O) groups is 1. The van der Waals surface area contributed by atoms with Crippen molar-refractivity contribution in [3.63, 3.8) is 0 Å². The van der Waals surface area contributed by atoms with Gasteiger partial charge in [-0.15, -0.1) is 0 Å². The molecule has 1 aliphatic rings. The molecule has 0 unspecified atom stereocenters. The third-order valence-corrected chi connectivity index (χ3v) is 3.99. The molecule has 9 nitrogen and oxygen atoms in total. The van der Waals surface area contributed by atoms with Gasteiger partial charge in [0.1, 0.15) is 6.61 Å². The van der Waals surface area contributed by atoms with Crippen LogP contribution >= 0.6 is 0 Å². The number of nitro groups is 2. The number of hydrogen-bond acceptors (Lipinski definition) is 6. The van der Waals surface area contributed by atoms with Gasteiger partial charge in [-0.25, -0.2) is 4.39 Å². The van der Waals surface area contributed by atoms with Gasteiger partial charge in [0.25, 0.3) is 17.3 Å². The zero-order valence-corrected chi connectivity index (χ0v) is 13.7. The Labute approximate surface area is 150 Å². The van der Waals surface area contributed by atoms with Crippen molar-refractivity contribution in [2.45, 2.75) is 13.0 Å². The maximum Gasteiger partial charge on any atom is 0.277 e. The Balaban J connectivity index is 2.13. The number of fused-ring (bicyclic) bond motifs is 1. The smallest absolute Gasteiger partial charge is 0.277 e. The zero-order chi connectivity index (χ0) is 19.9. The highest BCUT2D eigenvalue weighted by atomic mass is 19.2. The maximum absolute atomic E-state index is 14.0. The first-order valence-electron chi connectivity index (χ1n) is 7.59. The summed E-state index contributed by atoms with van der Waals surface area (Å²) in [4.78, 5) is 34.3. The molecule has 0 bridgehead atoms. The van der Waals surface area contributed by atoms with Gasteiger partial charge >= 0.3 is 0 Å². The summed E-state index contributed by atoms with van der Waals surface area (Å²) in [6.45, 7) is 1.41. The normalized spacial score (nSPS) is 15.7. The van der Waals surface area contributed by atoms with Gasteiger partial charge in [0.05, 0.1) is 33.2 Å². The number of carbonyl (C=O) groups excluding carboxylic acids is 1. The first kappa shape index (κ1) is 18.2. The Morgan fingerprint density at radius 1 is 1.15 bits per heavy atom. The number of hydrogen-bond donors (Lipinski definition) is 0. The maximum atomic E-state index is 14.0. The molecule has 1 amide bonds. The van der Waals surface area contributed by atoms with Gasteiger partial charge < -0.3 is 4.74 Å². The van der Waals surface area contributed by atoms with Crippen molar-refractivity contribution in [3.05, 3.63) is 67.8 Å². The number of rotatable bonds is 3. The molecule has 3 rings (SSSR count). The average Bonchev–Trinajstić information content (AvgIpc) is 2.63. The average molecular weight is 379 g/mol. The molecule has 0 saturated carbocycles. The minimum Gasteiger partial charge on any atom is -0.486 e. The second kappa shape index (κ2) is 6.59. The molecule has 0 aromatic heterocycles. The molecule has 0 spiro atoms. The van der Waals surface area contributed by atoms with Crippen molar-refractivity contribution in [2.75, 3.05) is 11.5 Å². The molecule has 0 radical (unpaired) electrons. The Morgan fingerprint density at radius 2 is 1.74 bits per heavy atom. The van der Waals surface area contributed by atoms with Crippen molar-refractivity contribution >= 4 is 23.0 Å². The van der Waals surface area contributed by atoms with Gasteiger partial charge in [0.2, 0.25) is 5.82 Å². The van der Waals surface area contributed by atoms with E-state index in [1.54, 1.807) is 6.92 Å². The second-order valence-corrected chi connectivity index (χ2v) is 5.80. The fourth-order valence-corrected chi connectivity index (χ4v) is 2.74. The van der Waals surface area contributed by atoms with Crippen LogP contribution < -0.4 is 9.64 Å². The third-order valence-electron chi connectivity index (χ3n) is 3.99. The highest BCUT2D eigenvalue weighted by Crippen LogP contribution is 2.38. The van der Waals surface area contributed by atoms with Crippen LogP contribution in [0.2, 0.25) is 0 Å². The summed E-state index contributed by atoms with van der Waals surface area (Å²) in [5.74, 6) is -3.75. The summed E-state index contributed by atoms with van der Waals surface area (Å²) < 4.78 is 32.6. The number of nitrogens with zero attached hydrogens (tertiary/aromatic N) is 3. The Hall–Kier alpha value is -3.63. The van der Waals surface area contributed by atoms with E-state index in [2.05, 4.69) is 0 Å². The van der Waals surface area contributed by atoms with Crippen LogP contribution in [0.5, 0.6) is 5.75 Å². The Morgan fingerprint density at radius 3 is 2.30 bits per heavy atom. The number of ether oxygens (including phenoxy) is 1. The predicted molar refractivity (Wildman–Crippen MR) is 87.9 cm³/mol. The summed E-state index contributed by atoms with van der Waals surface area (Å²) in [6, 6.07) is 3.81. The van der Waals surface area contributed by atoms with E-state index in [9.17, 15) is 33.8 Å². The lowest BCUT2D eigenvalue weighted by molar-refractivity contribution is -0.394. The highest BCUT2D eigenvalue weighted by molar-refractivity contribution is 6.08. The summed E-state index contributed by atoms with van der Waals surface area (Å²) in [7, 11) is 0. The minimum atomic E-state index is -1.28. The zero-order valence-electron chi connectivity index (χ0n) is 13.7. The predicted octanol–water partition coefficient (Wildman–Crippen LogP) is 3.21.